The van der Waals surface area contributed by atoms with Crippen LogP contribution in [0.25, 0.3) is 11.9 Å². The van der Waals surface area contributed by atoms with Crippen LogP contribution in [0.5, 0.6) is 5.75 Å². The van der Waals surface area contributed by atoms with E-state index in [0.29, 0.717) is 23.4 Å². The number of aromatic nitrogens is 2. The summed E-state index contributed by atoms with van der Waals surface area (Å²) in [6.07, 6.45) is -2.85. The van der Waals surface area contributed by atoms with Gasteiger partial charge in [-0.1, -0.05) is 30.3 Å². The van der Waals surface area contributed by atoms with Gasteiger partial charge in [0.15, 0.2) is 5.83 Å². The molecule has 0 bridgehead atoms. The fourth-order valence-electron chi connectivity index (χ4n) is 2.71. The van der Waals surface area contributed by atoms with E-state index in [0.717, 1.165) is 24.0 Å². The Kier molecular flexibility index (Phi) is 5.81. The normalized spacial score (nSPS) is 12.1. The van der Waals surface area contributed by atoms with Gasteiger partial charge in [0.05, 0.1) is 6.54 Å². The van der Waals surface area contributed by atoms with E-state index in [1.54, 1.807) is 35.9 Å². The summed E-state index contributed by atoms with van der Waals surface area (Å²) in [7, 11) is 0. The molecular formula is C21H16F4N2O2. The molecule has 0 atom stereocenters. The molecule has 3 rings (SSSR count). The molecule has 0 N–H and O–H groups in total. The molecule has 150 valence electrons. The van der Waals surface area contributed by atoms with Crippen LogP contribution >= 0.6 is 0 Å². The van der Waals surface area contributed by atoms with Crippen molar-refractivity contribution < 1.29 is 27.1 Å². The first kappa shape index (κ1) is 20.3. The van der Waals surface area contributed by atoms with E-state index in [2.05, 4.69) is 9.84 Å². The van der Waals surface area contributed by atoms with Crippen LogP contribution in [0.2, 0.25) is 0 Å². The lowest BCUT2D eigenvalue weighted by molar-refractivity contribution is -0.274. The zero-order valence-corrected chi connectivity index (χ0v) is 15.3. The fourth-order valence-corrected chi connectivity index (χ4v) is 2.71. The first-order chi connectivity index (χ1) is 13.7. The zero-order valence-electron chi connectivity index (χ0n) is 15.3. The van der Waals surface area contributed by atoms with E-state index < -0.39 is 12.2 Å². The largest absolute Gasteiger partial charge is 0.573 e. The number of carbonyl (C=O) groups is 1. The van der Waals surface area contributed by atoms with Gasteiger partial charge in [-0.3, -0.25) is 9.48 Å². The summed E-state index contributed by atoms with van der Waals surface area (Å²) in [6.45, 7) is 2.14. The van der Waals surface area contributed by atoms with Crippen molar-refractivity contribution in [2.75, 3.05) is 0 Å². The number of nitrogens with zero attached hydrogens (tertiary/aromatic N) is 2. The van der Waals surface area contributed by atoms with E-state index >= 15 is 0 Å². The fraction of sp³-hybridized carbons (Fsp3) is 0.143. The van der Waals surface area contributed by atoms with Crippen LogP contribution < -0.4 is 4.74 Å². The highest BCUT2D eigenvalue weighted by Crippen LogP contribution is 2.25. The second-order valence-electron chi connectivity index (χ2n) is 6.30. The van der Waals surface area contributed by atoms with Gasteiger partial charge >= 0.3 is 6.36 Å². The number of alkyl halides is 3. The Balaban J connectivity index is 1.76. The minimum absolute atomic E-state index is 0.102. The molecular weight excluding hydrogens is 388 g/mol. The molecule has 0 aliphatic heterocycles. The van der Waals surface area contributed by atoms with Crippen LogP contribution in [0.3, 0.4) is 0 Å². The molecule has 0 unspecified atom stereocenters. The van der Waals surface area contributed by atoms with E-state index in [9.17, 15) is 22.4 Å². The lowest BCUT2D eigenvalue weighted by Gasteiger charge is -2.08. The van der Waals surface area contributed by atoms with Crippen molar-refractivity contribution in [1.29, 1.82) is 0 Å². The van der Waals surface area contributed by atoms with Crippen LogP contribution in [-0.2, 0) is 6.54 Å². The standard InChI is InChI=1S/C21H16F4N2O2/c1-14-9-20(26-27(14)12-16-3-2-4-17(10-16)13-28)19(22)11-15-5-7-18(8-6-15)29-21(23,24)25/h2-11,13H,12H2,1H3. The Labute approximate surface area is 164 Å². The molecule has 0 amide bonds. The lowest BCUT2D eigenvalue weighted by atomic mass is 10.1. The smallest absolute Gasteiger partial charge is 0.406 e. The summed E-state index contributed by atoms with van der Waals surface area (Å²) >= 11 is 0. The van der Waals surface area contributed by atoms with E-state index in [1.807, 2.05) is 6.07 Å². The van der Waals surface area contributed by atoms with Gasteiger partial charge in [0.1, 0.15) is 17.7 Å². The van der Waals surface area contributed by atoms with Crippen LogP contribution in [-0.4, -0.2) is 22.4 Å². The number of carbonyl (C=O) groups excluding carboxylic acids is 1. The van der Waals surface area contributed by atoms with E-state index in [4.69, 9.17) is 0 Å². The third-order valence-corrected chi connectivity index (χ3v) is 4.05. The van der Waals surface area contributed by atoms with Gasteiger partial charge in [0, 0.05) is 11.3 Å². The average Bonchev–Trinajstić information content (AvgIpc) is 3.03. The van der Waals surface area contributed by atoms with Gasteiger partial charge in [-0.05, 0) is 48.4 Å². The third-order valence-electron chi connectivity index (χ3n) is 4.05. The van der Waals surface area contributed by atoms with Crippen molar-refractivity contribution in [3.63, 3.8) is 0 Å². The van der Waals surface area contributed by atoms with Crippen LogP contribution in [0.4, 0.5) is 17.6 Å². The minimum atomic E-state index is -4.78. The number of rotatable bonds is 6. The molecule has 0 saturated carbocycles. The van der Waals surface area contributed by atoms with Gasteiger partial charge in [-0.2, -0.15) is 5.10 Å². The summed E-state index contributed by atoms with van der Waals surface area (Å²) in [5.74, 6) is -1.01. The summed E-state index contributed by atoms with van der Waals surface area (Å²) in [6, 6.07) is 13.4. The third kappa shape index (κ3) is 5.54. The maximum Gasteiger partial charge on any atom is 0.573 e. The predicted octanol–water partition coefficient (Wildman–Crippen LogP) is 5.42. The molecule has 0 spiro atoms. The molecule has 0 saturated heterocycles. The molecule has 2 aromatic carbocycles. The van der Waals surface area contributed by atoms with Crippen molar-refractivity contribution in [3.05, 3.63) is 82.7 Å². The number of hydrogen-bond donors (Lipinski definition) is 0. The Morgan fingerprint density at radius 2 is 1.83 bits per heavy atom. The highest BCUT2D eigenvalue weighted by Gasteiger charge is 2.30. The number of halogens is 4. The summed E-state index contributed by atoms with van der Waals surface area (Å²) < 4.78 is 56.5. The maximum atomic E-state index is 14.6. The van der Waals surface area contributed by atoms with Gasteiger partial charge in [0.2, 0.25) is 0 Å². The first-order valence-electron chi connectivity index (χ1n) is 8.55. The molecule has 0 aliphatic carbocycles. The Bertz CT molecular complexity index is 1040. The topological polar surface area (TPSA) is 44.1 Å². The lowest BCUT2D eigenvalue weighted by Crippen LogP contribution is -2.16. The Morgan fingerprint density at radius 3 is 2.48 bits per heavy atom. The Morgan fingerprint density at radius 1 is 1.10 bits per heavy atom. The summed E-state index contributed by atoms with van der Waals surface area (Å²) in [4.78, 5) is 10.9. The quantitative estimate of drug-likeness (QED) is 0.407. The molecule has 0 aliphatic rings. The SMILES string of the molecule is Cc1cc(C(F)=Cc2ccc(OC(F)(F)F)cc2)nn1Cc1cccc(C=O)c1. The van der Waals surface area contributed by atoms with Crippen molar-refractivity contribution in [1.82, 2.24) is 9.78 Å². The predicted molar refractivity (Wildman–Crippen MR) is 100.0 cm³/mol. The monoisotopic (exact) mass is 404 g/mol. The molecule has 1 aromatic heterocycles. The highest BCUT2D eigenvalue weighted by atomic mass is 19.4. The second-order valence-corrected chi connectivity index (χ2v) is 6.30. The van der Waals surface area contributed by atoms with Crippen molar-refractivity contribution in [2.45, 2.75) is 19.8 Å². The number of hydrogen-bond acceptors (Lipinski definition) is 3. The van der Waals surface area contributed by atoms with E-state index in [-0.39, 0.29) is 11.4 Å². The maximum absolute atomic E-state index is 14.6. The van der Waals surface area contributed by atoms with Gasteiger partial charge in [-0.25, -0.2) is 4.39 Å². The van der Waals surface area contributed by atoms with Gasteiger partial charge < -0.3 is 4.74 Å². The van der Waals surface area contributed by atoms with Gasteiger partial charge in [-0.15, -0.1) is 13.2 Å². The number of aldehydes is 1. The van der Waals surface area contributed by atoms with Crippen LogP contribution in [0.1, 0.15) is 32.9 Å². The van der Waals surface area contributed by atoms with Crippen molar-refractivity contribution in [3.8, 4) is 5.75 Å². The number of benzene rings is 2. The molecule has 4 nitrogen and oxygen atoms in total. The zero-order chi connectivity index (χ0) is 21.0. The number of aryl methyl sites for hydroxylation is 1. The van der Waals surface area contributed by atoms with E-state index in [1.165, 1.54) is 18.2 Å². The molecule has 0 fully saturated rings. The molecule has 0 radical (unpaired) electrons. The minimum Gasteiger partial charge on any atom is -0.406 e. The molecule has 29 heavy (non-hydrogen) atoms. The average molecular weight is 404 g/mol. The van der Waals surface area contributed by atoms with Crippen molar-refractivity contribution in [2.24, 2.45) is 0 Å². The first-order valence-corrected chi connectivity index (χ1v) is 8.55. The second kappa shape index (κ2) is 8.30. The Hall–Kier alpha value is -3.42. The molecule has 1 heterocycles. The summed E-state index contributed by atoms with van der Waals surface area (Å²) in [5, 5.41) is 4.23. The molecule has 8 heteroatoms. The molecule has 3 aromatic rings. The van der Waals surface area contributed by atoms with Crippen LogP contribution in [0.15, 0.2) is 54.6 Å². The van der Waals surface area contributed by atoms with Gasteiger partial charge in [0.25, 0.3) is 0 Å². The number of ether oxygens (including phenoxy) is 1. The summed E-state index contributed by atoms with van der Waals surface area (Å²) in [5.41, 5.74) is 2.56. The van der Waals surface area contributed by atoms with Crippen LogP contribution in [0, 0.1) is 6.92 Å². The van der Waals surface area contributed by atoms with Crippen molar-refractivity contribution >= 4 is 18.2 Å². The highest BCUT2D eigenvalue weighted by molar-refractivity contribution is 5.76.